The Balaban J connectivity index is 1.60. The minimum Gasteiger partial charge on any atom is -0.354 e. The number of rotatable bonds is 3. The summed E-state index contributed by atoms with van der Waals surface area (Å²) in [6, 6.07) is 5.69. The summed E-state index contributed by atoms with van der Waals surface area (Å²) in [5.74, 6) is 0.863. The van der Waals surface area contributed by atoms with Crippen LogP contribution in [0.15, 0.2) is 18.3 Å². The maximum Gasteiger partial charge on any atom is 0.138 e. The third kappa shape index (κ3) is 3.29. The van der Waals surface area contributed by atoms with Crippen molar-refractivity contribution in [3.8, 4) is 6.07 Å². The first kappa shape index (κ1) is 14.2. The Kier molecular flexibility index (Phi) is 4.29. The highest BCUT2D eigenvalue weighted by Gasteiger charge is 2.20. The van der Waals surface area contributed by atoms with Crippen molar-refractivity contribution in [2.24, 2.45) is 0 Å². The highest BCUT2D eigenvalue weighted by Crippen LogP contribution is 2.20. The van der Waals surface area contributed by atoms with Gasteiger partial charge in [0.25, 0.3) is 0 Å². The Bertz CT molecular complexity index is 659. The normalized spacial score (nSPS) is 15.9. The summed E-state index contributed by atoms with van der Waals surface area (Å²) in [5.41, 5.74) is 1.49. The molecule has 6 nitrogen and oxygen atoms in total. The Morgan fingerprint density at radius 2 is 2.14 bits per heavy atom. The van der Waals surface area contributed by atoms with Gasteiger partial charge in [-0.25, -0.2) is 4.98 Å². The van der Waals surface area contributed by atoms with Crippen LogP contribution in [-0.4, -0.2) is 45.6 Å². The number of hydrogen-bond donors (Lipinski definition) is 0. The molecule has 0 saturated carbocycles. The largest absolute Gasteiger partial charge is 0.354 e. The minimum absolute atomic E-state index is 0.641. The summed E-state index contributed by atoms with van der Waals surface area (Å²) in [5, 5.41) is 13.0. The molecular formula is C13H13ClN6S. The molecule has 1 aliphatic rings. The summed E-state index contributed by atoms with van der Waals surface area (Å²) in [6.07, 6.45) is 1.68. The highest BCUT2D eigenvalue weighted by atomic mass is 35.5. The smallest absolute Gasteiger partial charge is 0.138 e. The molecule has 0 radical (unpaired) electrons. The fraction of sp³-hybridized carbons (Fsp3) is 0.385. The lowest BCUT2D eigenvalue weighted by Gasteiger charge is -2.35. The molecule has 21 heavy (non-hydrogen) atoms. The van der Waals surface area contributed by atoms with E-state index in [2.05, 4.69) is 30.4 Å². The average molecular weight is 321 g/mol. The number of halogens is 1. The summed E-state index contributed by atoms with van der Waals surface area (Å²) in [7, 11) is 0. The van der Waals surface area contributed by atoms with Crippen LogP contribution in [0.4, 0.5) is 5.82 Å². The van der Waals surface area contributed by atoms with Crippen molar-refractivity contribution in [1.29, 1.82) is 5.26 Å². The Hall–Kier alpha value is -1.75. The maximum absolute atomic E-state index is 8.94. The van der Waals surface area contributed by atoms with Gasteiger partial charge in [-0.3, -0.25) is 4.90 Å². The van der Waals surface area contributed by atoms with E-state index in [1.807, 2.05) is 6.07 Å². The topological polar surface area (TPSA) is 68.9 Å². The Morgan fingerprint density at radius 1 is 1.33 bits per heavy atom. The Labute approximate surface area is 131 Å². The van der Waals surface area contributed by atoms with Crippen LogP contribution in [0.3, 0.4) is 0 Å². The molecular weight excluding hydrogens is 308 g/mol. The average Bonchev–Trinajstić information content (AvgIpc) is 2.93. The van der Waals surface area contributed by atoms with E-state index in [1.54, 1.807) is 12.3 Å². The number of nitrogens with zero attached hydrogens (tertiary/aromatic N) is 6. The van der Waals surface area contributed by atoms with Crippen molar-refractivity contribution in [1.82, 2.24) is 19.5 Å². The molecule has 8 heteroatoms. The Morgan fingerprint density at radius 3 is 2.81 bits per heavy atom. The molecule has 2 aromatic heterocycles. The van der Waals surface area contributed by atoms with Crippen LogP contribution < -0.4 is 4.90 Å². The minimum atomic E-state index is 0.641. The van der Waals surface area contributed by atoms with E-state index < -0.39 is 0 Å². The van der Waals surface area contributed by atoms with Crippen molar-refractivity contribution >= 4 is 29.0 Å². The number of aromatic nitrogens is 3. The maximum atomic E-state index is 8.94. The predicted molar refractivity (Wildman–Crippen MR) is 81.4 cm³/mol. The third-order valence-electron chi connectivity index (χ3n) is 3.45. The fourth-order valence-corrected chi connectivity index (χ4v) is 2.91. The molecule has 3 rings (SSSR count). The predicted octanol–water partition coefficient (Wildman–Crippen LogP) is 1.78. The molecule has 0 aliphatic carbocycles. The number of hydrogen-bond acceptors (Lipinski definition) is 7. The van der Waals surface area contributed by atoms with E-state index in [-0.39, 0.29) is 0 Å². The second-order valence-electron chi connectivity index (χ2n) is 4.77. The number of pyridine rings is 1. The van der Waals surface area contributed by atoms with E-state index >= 15 is 0 Å². The molecule has 2 aromatic rings. The van der Waals surface area contributed by atoms with Crippen LogP contribution in [0.1, 0.15) is 11.3 Å². The summed E-state index contributed by atoms with van der Waals surface area (Å²) < 4.78 is 4.52. The monoisotopic (exact) mass is 320 g/mol. The zero-order valence-corrected chi connectivity index (χ0v) is 12.8. The van der Waals surface area contributed by atoms with Crippen LogP contribution in [-0.2, 0) is 6.54 Å². The number of piperazine rings is 1. The van der Waals surface area contributed by atoms with Crippen LogP contribution in [0.25, 0.3) is 0 Å². The second kappa shape index (κ2) is 6.35. The molecule has 0 atom stereocenters. The zero-order valence-electron chi connectivity index (χ0n) is 11.2. The lowest BCUT2D eigenvalue weighted by atomic mass is 10.2. The summed E-state index contributed by atoms with van der Waals surface area (Å²) in [4.78, 5) is 8.83. The van der Waals surface area contributed by atoms with E-state index in [0.717, 1.165) is 44.2 Å². The van der Waals surface area contributed by atoms with Crippen LogP contribution >= 0.6 is 23.1 Å². The molecule has 108 valence electrons. The van der Waals surface area contributed by atoms with Gasteiger partial charge >= 0.3 is 0 Å². The second-order valence-corrected chi connectivity index (χ2v) is 6.13. The van der Waals surface area contributed by atoms with Crippen molar-refractivity contribution < 1.29 is 0 Å². The van der Waals surface area contributed by atoms with Gasteiger partial charge in [-0.05, 0) is 12.1 Å². The van der Waals surface area contributed by atoms with Crippen molar-refractivity contribution in [3.63, 3.8) is 0 Å². The van der Waals surface area contributed by atoms with Gasteiger partial charge in [-0.1, -0.05) is 16.1 Å². The van der Waals surface area contributed by atoms with E-state index in [9.17, 15) is 0 Å². The lowest BCUT2D eigenvalue weighted by Crippen LogP contribution is -2.46. The van der Waals surface area contributed by atoms with Crippen LogP contribution in [0.5, 0.6) is 0 Å². The van der Waals surface area contributed by atoms with Gasteiger partial charge in [-0.15, -0.1) is 5.10 Å². The van der Waals surface area contributed by atoms with Gasteiger partial charge in [0.2, 0.25) is 0 Å². The van der Waals surface area contributed by atoms with Gasteiger partial charge in [0, 0.05) is 50.5 Å². The first-order valence-electron chi connectivity index (χ1n) is 6.56. The van der Waals surface area contributed by atoms with Crippen molar-refractivity contribution in [3.05, 3.63) is 33.9 Å². The molecule has 0 spiro atoms. The van der Waals surface area contributed by atoms with Gasteiger partial charge in [0.05, 0.1) is 11.6 Å². The highest BCUT2D eigenvalue weighted by molar-refractivity contribution is 7.10. The van der Waals surface area contributed by atoms with Gasteiger partial charge < -0.3 is 4.90 Å². The number of nitriles is 1. The molecule has 1 aliphatic heterocycles. The van der Waals surface area contributed by atoms with Crippen LogP contribution in [0.2, 0.25) is 4.34 Å². The van der Waals surface area contributed by atoms with Gasteiger partial charge in [0.15, 0.2) is 0 Å². The summed E-state index contributed by atoms with van der Waals surface area (Å²) >= 11 is 7.25. The lowest BCUT2D eigenvalue weighted by molar-refractivity contribution is 0.246. The van der Waals surface area contributed by atoms with Crippen molar-refractivity contribution in [2.75, 3.05) is 31.1 Å². The van der Waals surface area contributed by atoms with Crippen molar-refractivity contribution in [2.45, 2.75) is 6.54 Å². The molecule has 1 saturated heterocycles. The van der Waals surface area contributed by atoms with E-state index in [4.69, 9.17) is 16.9 Å². The van der Waals surface area contributed by atoms with E-state index in [0.29, 0.717) is 9.90 Å². The molecule has 0 aromatic carbocycles. The standard InChI is InChI=1S/C13H13ClN6S/c14-13-11(17-18-21-13)9-19-3-5-20(6-4-19)12-7-10(8-15)1-2-16-12/h1-2,7H,3-6,9H2. The third-order valence-corrected chi connectivity index (χ3v) is 4.44. The molecule has 1 fully saturated rings. The first-order valence-corrected chi connectivity index (χ1v) is 7.71. The molecule has 0 amide bonds. The van der Waals surface area contributed by atoms with E-state index in [1.165, 1.54) is 11.5 Å². The SMILES string of the molecule is N#Cc1ccnc(N2CCN(Cc3nnsc3Cl)CC2)c1. The number of anilines is 1. The van der Waals surface area contributed by atoms with Crippen LogP contribution in [0, 0.1) is 11.3 Å². The molecule has 0 N–H and O–H groups in total. The molecule has 0 bridgehead atoms. The summed E-state index contributed by atoms with van der Waals surface area (Å²) in [6.45, 7) is 4.29. The fourth-order valence-electron chi connectivity index (χ4n) is 2.30. The molecule has 0 unspecified atom stereocenters. The van der Waals surface area contributed by atoms with Gasteiger partial charge in [-0.2, -0.15) is 5.26 Å². The quantitative estimate of drug-likeness (QED) is 0.858. The zero-order chi connectivity index (χ0) is 14.7. The molecule has 3 heterocycles. The first-order chi connectivity index (χ1) is 10.3. The van der Waals surface area contributed by atoms with Gasteiger partial charge in [0.1, 0.15) is 15.8 Å².